The average Bonchev–Trinajstić information content (AvgIpc) is 2.20. The first kappa shape index (κ1) is 15.4. The summed E-state index contributed by atoms with van der Waals surface area (Å²) in [6.45, 7) is 11.3. The van der Waals surface area contributed by atoms with Crippen molar-refractivity contribution in [2.75, 3.05) is 19.7 Å². The van der Waals surface area contributed by atoms with E-state index in [4.69, 9.17) is 10.00 Å². The molecule has 0 spiro atoms. The zero-order chi connectivity index (χ0) is 12.4. The fourth-order valence-corrected chi connectivity index (χ4v) is 1.43. The minimum atomic E-state index is 0.217. The second-order valence-electron chi connectivity index (χ2n) is 5.27. The summed E-state index contributed by atoms with van der Waals surface area (Å²) in [4.78, 5) is 0. The molecule has 0 radical (unpaired) electrons. The van der Waals surface area contributed by atoms with E-state index in [1.165, 1.54) is 0 Å². The number of ether oxygens (including phenoxy) is 1. The van der Waals surface area contributed by atoms with E-state index < -0.39 is 0 Å². The summed E-state index contributed by atoms with van der Waals surface area (Å²) >= 11 is 0. The van der Waals surface area contributed by atoms with Gasteiger partial charge in [0.2, 0.25) is 0 Å². The molecule has 0 aromatic rings. The van der Waals surface area contributed by atoms with Gasteiger partial charge in [-0.2, -0.15) is 5.26 Å². The quantitative estimate of drug-likeness (QED) is 0.615. The van der Waals surface area contributed by atoms with Gasteiger partial charge >= 0.3 is 0 Å². The molecule has 0 aromatic heterocycles. The topological polar surface area (TPSA) is 45.0 Å². The second-order valence-corrected chi connectivity index (χ2v) is 5.27. The van der Waals surface area contributed by atoms with Crippen molar-refractivity contribution in [3.05, 3.63) is 0 Å². The normalized spacial score (nSPS) is 11.8. The Balaban J connectivity index is 3.40. The summed E-state index contributed by atoms with van der Waals surface area (Å²) in [5, 5.41) is 12.0. The van der Waals surface area contributed by atoms with E-state index in [2.05, 4.69) is 39.1 Å². The lowest BCUT2D eigenvalue weighted by molar-refractivity contribution is 0.0767. The summed E-state index contributed by atoms with van der Waals surface area (Å²) < 4.78 is 5.46. The van der Waals surface area contributed by atoms with Crippen molar-refractivity contribution in [2.24, 2.45) is 5.41 Å². The monoisotopic (exact) mass is 226 g/mol. The van der Waals surface area contributed by atoms with Gasteiger partial charge in [0, 0.05) is 19.6 Å². The maximum Gasteiger partial charge on any atom is 0.0621 e. The second kappa shape index (κ2) is 8.55. The van der Waals surface area contributed by atoms with Gasteiger partial charge in [0.15, 0.2) is 0 Å². The highest BCUT2D eigenvalue weighted by atomic mass is 16.5. The van der Waals surface area contributed by atoms with Crippen molar-refractivity contribution in [1.82, 2.24) is 5.32 Å². The maximum atomic E-state index is 8.54. The summed E-state index contributed by atoms with van der Waals surface area (Å²) in [6.07, 6.45) is 2.98. The van der Waals surface area contributed by atoms with Crippen molar-refractivity contribution in [3.8, 4) is 6.07 Å². The van der Waals surface area contributed by atoms with E-state index >= 15 is 0 Å². The standard InChI is InChI=1S/C13H26N2O/c1-12(2)16-10-6-9-15-11-13(3,4)7-5-8-14/h12,15H,5-7,9-11H2,1-4H3. The first-order chi connectivity index (χ1) is 7.48. The van der Waals surface area contributed by atoms with Gasteiger partial charge < -0.3 is 10.1 Å². The Hall–Kier alpha value is -0.590. The third-order valence-electron chi connectivity index (χ3n) is 2.47. The SMILES string of the molecule is CC(C)OCCCNCC(C)(C)CCC#N. The molecule has 16 heavy (non-hydrogen) atoms. The Morgan fingerprint density at radius 2 is 2.06 bits per heavy atom. The molecule has 3 nitrogen and oxygen atoms in total. The molecule has 0 amide bonds. The van der Waals surface area contributed by atoms with Crippen LogP contribution in [0, 0.1) is 16.7 Å². The molecule has 0 aliphatic heterocycles. The average molecular weight is 226 g/mol. The smallest absolute Gasteiger partial charge is 0.0621 e. The minimum Gasteiger partial charge on any atom is -0.379 e. The lowest BCUT2D eigenvalue weighted by atomic mass is 9.88. The molecule has 0 bridgehead atoms. The van der Waals surface area contributed by atoms with Crippen LogP contribution in [-0.4, -0.2) is 25.8 Å². The van der Waals surface area contributed by atoms with E-state index in [0.717, 1.165) is 32.5 Å². The highest BCUT2D eigenvalue weighted by Gasteiger charge is 2.16. The molecular formula is C13H26N2O. The van der Waals surface area contributed by atoms with Crippen LogP contribution >= 0.6 is 0 Å². The lowest BCUT2D eigenvalue weighted by Crippen LogP contribution is -2.30. The van der Waals surface area contributed by atoms with Gasteiger partial charge in [-0.1, -0.05) is 13.8 Å². The van der Waals surface area contributed by atoms with E-state index in [1.807, 2.05) is 0 Å². The molecule has 0 rings (SSSR count). The van der Waals surface area contributed by atoms with Crippen LogP contribution in [-0.2, 0) is 4.74 Å². The van der Waals surface area contributed by atoms with Gasteiger partial charge in [-0.25, -0.2) is 0 Å². The first-order valence-corrected chi connectivity index (χ1v) is 6.17. The van der Waals surface area contributed by atoms with Crippen LogP contribution in [0.2, 0.25) is 0 Å². The summed E-state index contributed by atoms with van der Waals surface area (Å²) in [6, 6.07) is 2.20. The Bertz CT molecular complexity index is 206. The van der Waals surface area contributed by atoms with Crippen molar-refractivity contribution < 1.29 is 4.74 Å². The van der Waals surface area contributed by atoms with Crippen molar-refractivity contribution >= 4 is 0 Å². The van der Waals surface area contributed by atoms with E-state index in [0.29, 0.717) is 12.5 Å². The third-order valence-corrected chi connectivity index (χ3v) is 2.47. The fourth-order valence-electron chi connectivity index (χ4n) is 1.43. The van der Waals surface area contributed by atoms with Crippen LogP contribution in [0.15, 0.2) is 0 Å². The number of rotatable bonds is 9. The molecular weight excluding hydrogens is 200 g/mol. The molecule has 1 N–H and O–H groups in total. The van der Waals surface area contributed by atoms with Gasteiger partial charge in [0.25, 0.3) is 0 Å². The predicted molar refractivity (Wildman–Crippen MR) is 67.2 cm³/mol. The van der Waals surface area contributed by atoms with Crippen LogP contribution in [0.1, 0.15) is 47.0 Å². The van der Waals surface area contributed by atoms with E-state index in [1.54, 1.807) is 0 Å². The van der Waals surface area contributed by atoms with Crippen LogP contribution in [0.3, 0.4) is 0 Å². The van der Waals surface area contributed by atoms with Gasteiger partial charge in [-0.3, -0.25) is 0 Å². The molecule has 0 aliphatic carbocycles. The van der Waals surface area contributed by atoms with Crippen LogP contribution < -0.4 is 5.32 Å². The summed E-state index contributed by atoms with van der Waals surface area (Å²) in [5.41, 5.74) is 0.217. The number of nitrogens with zero attached hydrogens (tertiary/aromatic N) is 1. The fraction of sp³-hybridized carbons (Fsp3) is 0.923. The third kappa shape index (κ3) is 9.95. The molecule has 0 heterocycles. The molecule has 3 heteroatoms. The largest absolute Gasteiger partial charge is 0.379 e. The van der Waals surface area contributed by atoms with E-state index in [9.17, 15) is 0 Å². The van der Waals surface area contributed by atoms with Gasteiger partial charge in [-0.15, -0.1) is 0 Å². The highest BCUT2D eigenvalue weighted by molar-refractivity contribution is 4.78. The Morgan fingerprint density at radius 1 is 1.38 bits per heavy atom. The zero-order valence-corrected chi connectivity index (χ0v) is 11.2. The van der Waals surface area contributed by atoms with Crippen molar-refractivity contribution in [2.45, 2.75) is 53.1 Å². The van der Waals surface area contributed by atoms with Crippen LogP contribution in [0.4, 0.5) is 0 Å². The molecule has 0 unspecified atom stereocenters. The minimum absolute atomic E-state index is 0.217. The number of nitriles is 1. The van der Waals surface area contributed by atoms with Gasteiger partial charge in [-0.05, 0) is 38.6 Å². The zero-order valence-electron chi connectivity index (χ0n) is 11.2. The Labute approximate surface area is 100 Å². The molecule has 94 valence electrons. The molecule has 0 aliphatic rings. The summed E-state index contributed by atoms with van der Waals surface area (Å²) in [7, 11) is 0. The first-order valence-electron chi connectivity index (χ1n) is 6.17. The molecule has 0 saturated heterocycles. The van der Waals surface area contributed by atoms with E-state index in [-0.39, 0.29) is 5.41 Å². The van der Waals surface area contributed by atoms with Crippen LogP contribution in [0.25, 0.3) is 0 Å². The number of hydrogen-bond acceptors (Lipinski definition) is 3. The Morgan fingerprint density at radius 3 is 2.62 bits per heavy atom. The van der Waals surface area contributed by atoms with Gasteiger partial charge in [0.1, 0.15) is 0 Å². The lowest BCUT2D eigenvalue weighted by Gasteiger charge is -2.23. The molecule has 0 atom stereocenters. The molecule has 0 fully saturated rings. The molecule has 0 saturated carbocycles. The van der Waals surface area contributed by atoms with Gasteiger partial charge in [0.05, 0.1) is 12.2 Å². The van der Waals surface area contributed by atoms with Crippen molar-refractivity contribution in [1.29, 1.82) is 5.26 Å². The Kier molecular flexibility index (Phi) is 8.23. The predicted octanol–water partition coefficient (Wildman–Crippen LogP) is 2.72. The summed E-state index contributed by atoms with van der Waals surface area (Å²) in [5.74, 6) is 0. The van der Waals surface area contributed by atoms with Crippen molar-refractivity contribution in [3.63, 3.8) is 0 Å². The molecule has 0 aromatic carbocycles. The maximum absolute atomic E-state index is 8.54. The number of hydrogen-bond donors (Lipinski definition) is 1. The number of nitrogens with one attached hydrogen (secondary N) is 1. The highest BCUT2D eigenvalue weighted by Crippen LogP contribution is 2.20. The van der Waals surface area contributed by atoms with Crippen LogP contribution in [0.5, 0.6) is 0 Å².